The van der Waals surface area contributed by atoms with Crippen molar-refractivity contribution in [3.8, 4) is 0 Å². The lowest BCUT2D eigenvalue weighted by Gasteiger charge is -2.22. The molecule has 2 aromatic heterocycles. The molecule has 0 radical (unpaired) electrons. The van der Waals surface area contributed by atoms with Crippen molar-refractivity contribution >= 4 is 62.8 Å². The summed E-state index contributed by atoms with van der Waals surface area (Å²) >= 11 is 18.4. The topological polar surface area (TPSA) is 93.5 Å². The number of aliphatic hydroxyl groups is 1. The molecule has 11 heteroatoms. The largest absolute Gasteiger partial charge is 0.420 e. The molecular weight excluding hydrogens is 491 g/mol. The van der Waals surface area contributed by atoms with Crippen LogP contribution in [0, 0.1) is 0 Å². The van der Waals surface area contributed by atoms with Crippen LogP contribution >= 0.6 is 34.8 Å². The third kappa shape index (κ3) is 4.89. The van der Waals surface area contributed by atoms with Crippen LogP contribution in [-0.2, 0) is 24.4 Å². The second kappa shape index (κ2) is 8.68. The summed E-state index contributed by atoms with van der Waals surface area (Å²) in [6.07, 6.45) is 0. The molecule has 0 saturated carbocycles. The van der Waals surface area contributed by atoms with Gasteiger partial charge in [-0.15, -0.1) is 0 Å². The molecule has 4 aromatic rings. The average molecular weight is 512 g/mol. The fourth-order valence-electron chi connectivity index (χ4n) is 3.60. The van der Waals surface area contributed by atoms with Crippen LogP contribution in [0.2, 0.25) is 15.1 Å². The van der Waals surface area contributed by atoms with Crippen molar-refractivity contribution in [1.29, 1.82) is 0 Å². The monoisotopic (exact) mass is 510 g/mol. The molecule has 0 bridgehead atoms. The zero-order valence-electron chi connectivity index (χ0n) is 18.1. The van der Waals surface area contributed by atoms with E-state index in [2.05, 4.69) is 4.98 Å². The molecule has 0 spiro atoms. The van der Waals surface area contributed by atoms with Crippen molar-refractivity contribution in [2.24, 2.45) is 0 Å². The molecule has 0 aliphatic heterocycles. The predicted octanol–water partition coefficient (Wildman–Crippen LogP) is 4.33. The lowest BCUT2D eigenvalue weighted by molar-refractivity contribution is -0.131. The predicted molar refractivity (Wildman–Crippen MR) is 128 cm³/mol. The number of rotatable bonds is 6. The van der Waals surface area contributed by atoms with Crippen molar-refractivity contribution in [2.45, 2.75) is 39.1 Å². The van der Waals surface area contributed by atoms with Crippen LogP contribution in [0.5, 0.6) is 0 Å². The summed E-state index contributed by atoms with van der Waals surface area (Å²) in [5, 5.41) is 11.6. The van der Waals surface area contributed by atoms with Gasteiger partial charge in [0.1, 0.15) is 12.4 Å². The van der Waals surface area contributed by atoms with Gasteiger partial charge in [0, 0.05) is 12.1 Å². The van der Waals surface area contributed by atoms with Crippen molar-refractivity contribution in [1.82, 2.24) is 19.0 Å². The molecule has 0 aliphatic carbocycles. The Balaban J connectivity index is 1.65. The number of halogens is 3. The smallest absolute Gasteiger partial charge is 0.408 e. The number of hydrogen-bond donors (Lipinski definition) is 1. The maximum atomic E-state index is 13.0. The maximum absolute atomic E-state index is 13.0. The fourth-order valence-corrected chi connectivity index (χ4v) is 4.08. The Morgan fingerprint density at radius 3 is 2.52 bits per heavy atom. The number of carbonyl (C=O) groups is 1. The van der Waals surface area contributed by atoms with Gasteiger partial charge >= 0.3 is 5.76 Å². The summed E-state index contributed by atoms with van der Waals surface area (Å²) in [5.74, 6) is -0.445. The van der Waals surface area contributed by atoms with E-state index in [1.165, 1.54) is 9.47 Å². The number of benzene rings is 2. The van der Waals surface area contributed by atoms with Crippen molar-refractivity contribution in [3.05, 3.63) is 61.8 Å². The molecular formula is C22H21Cl3N4O4. The third-order valence-corrected chi connectivity index (χ3v) is 6.10. The average Bonchev–Trinajstić information content (AvgIpc) is 3.18. The summed E-state index contributed by atoms with van der Waals surface area (Å²) in [4.78, 5) is 31.3. The van der Waals surface area contributed by atoms with Gasteiger partial charge < -0.3 is 19.0 Å². The molecule has 174 valence electrons. The van der Waals surface area contributed by atoms with Crippen LogP contribution in [0.4, 0.5) is 0 Å². The Bertz CT molecular complexity index is 1430. The highest BCUT2D eigenvalue weighted by molar-refractivity contribution is 6.42. The van der Waals surface area contributed by atoms with Crippen LogP contribution in [0.25, 0.3) is 22.1 Å². The minimum Gasteiger partial charge on any atom is -0.408 e. The van der Waals surface area contributed by atoms with E-state index in [9.17, 15) is 14.7 Å². The number of hydrogen-bond acceptors (Lipinski definition) is 5. The van der Waals surface area contributed by atoms with Crippen LogP contribution in [0.3, 0.4) is 0 Å². The number of likely N-dealkylation sites (N-methyl/N-ethyl adjacent to an activating group) is 1. The summed E-state index contributed by atoms with van der Waals surface area (Å²) in [6, 6.07) is 8.09. The Kier molecular flexibility index (Phi) is 6.22. The molecule has 0 saturated heterocycles. The molecule has 1 N–H and O–H groups in total. The summed E-state index contributed by atoms with van der Waals surface area (Å²) in [6.45, 7) is 3.48. The summed E-state index contributed by atoms with van der Waals surface area (Å²) in [5.41, 5.74) is 1.03. The van der Waals surface area contributed by atoms with Gasteiger partial charge in [0.15, 0.2) is 5.58 Å². The third-order valence-electron chi connectivity index (χ3n) is 5.14. The number of nitrogens with zero attached hydrogens (tertiary/aromatic N) is 4. The van der Waals surface area contributed by atoms with Crippen LogP contribution in [0.15, 0.2) is 39.5 Å². The Morgan fingerprint density at radius 1 is 1.12 bits per heavy atom. The van der Waals surface area contributed by atoms with Crippen molar-refractivity contribution < 1.29 is 14.3 Å². The Hall–Kier alpha value is -2.52. The zero-order chi connectivity index (χ0) is 24.1. The van der Waals surface area contributed by atoms with E-state index in [0.29, 0.717) is 43.0 Å². The van der Waals surface area contributed by atoms with Crippen molar-refractivity contribution in [2.75, 3.05) is 7.05 Å². The van der Waals surface area contributed by atoms with Gasteiger partial charge in [-0.3, -0.25) is 9.36 Å². The normalized spacial score (nSPS) is 12.1. The number of fused-ring (bicyclic) bond motifs is 2. The maximum Gasteiger partial charge on any atom is 0.420 e. The van der Waals surface area contributed by atoms with Gasteiger partial charge in [-0.2, -0.15) is 0 Å². The molecule has 33 heavy (non-hydrogen) atoms. The van der Waals surface area contributed by atoms with Crippen LogP contribution < -0.4 is 5.76 Å². The van der Waals surface area contributed by atoms with E-state index in [0.717, 1.165) is 0 Å². The number of oxazole rings is 1. The number of aromatic nitrogens is 3. The van der Waals surface area contributed by atoms with Gasteiger partial charge in [-0.1, -0.05) is 34.8 Å². The first kappa shape index (κ1) is 23.6. The van der Waals surface area contributed by atoms with Gasteiger partial charge in [0.25, 0.3) is 0 Å². The van der Waals surface area contributed by atoms with Gasteiger partial charge in [0.2, 0.25) is 5.91 Å². The van der Waals surface area contributed by atoms with Crippen LogP contribution in [0.1, 0.15) is 19.7 Å². The highest BCUT2D eigenvalue weighted by Gasteiger charge is 2.23. The molecule has 0 unspecified atom stereocenters. The standard InChI is InChI=1S/C22H21Cl3N4O4/c1-22(2,32)11-29-16-8-14(25)13(24)7-15(16)26-19(29)9-27(3)20(30)10-28-17-6-12(23)4-5-18(17)33-21(28)31/h4-8,32H,9-11H2,1-3H3. The Morgan fingerprint density at radius 2 is 1.82 bits per heavy atom. The SMILES string of the molecule is CN(Cc1nc2cc(Cl)c(Cl)cc2n1CC(C)(C)O)C(=O)Cn1c(=O)oc2ccc(Cl)cc21. The van der Waals surface area contributed by atoms with E-state index >= 15 is 0 Å². The van der Waals surface area contributed by atoms with E-state index < -0.39 is 11.4 Å². The quantitative estimate of drug-likeness (QED) is 0.416. The van der Waals surface area contributed by atoms with E-state index in [1.54, 1.807) is 55.8 Å². The number of imidazole rings is 1. The second-order valence-electron chi connectivity index (χ2n) is 8.50. The molecule has 0 fully saturated rings. The van der Waals surface area contributed by atoms with Gasteiger partial charge in [-0.25, -0.2) is 9.78 Å². The molecule has 2 heterocycles. The molecule has 8 nitrogen and oxygen atoms in total. The molecule has 4 rings (SSSR count). The number of amides is 1. The first-order chi connectivity index (χ1) is 15.4. The van der Waals surface area contributed by atoms with Crippen LogP contribution in [-0.4, -0.2) is 42.7 Å². The minimum absolute atomic E-state index is 0.129. The molecule has 0 atom stereocenters. The van der Waals surface area contributed by atoms with Gasteiger partial charge in [-0.05, 0) is 44.2 Å². The first-order valence-electron chi connectivity index (χ1n) is 10.0. The van der Waals surface area contributed by atoms with E-state index in [-0.39, 0.29) is 25.5 Å². The molecule has 2 aromatic carbocycles. The lowest BCUT2D eigenvalue weighted by atomic mass is 10.1. The highest BCUT2D eigenvalue weighted by atomic mass is 35.5. The molecule has 0 aliphatic rings. The lowest BCUT2D eigenvalue weighted by Crippen LogP contribution is -2.34. The second-order valence-corrected chi connectivity index (χ2v) is 9.75. The minimum atomic E-state index is -1.04. The zero-order valence-corrected chi connectivity index (χ0v) is 20.4. The van der Waals surface area contributed by atoms with Gasteiger partial charge in [0.05, 0.1) is 45.3 Å². The fraction of sp³-hybridized carbons (Fsp3) is 0.318. The Labute approximate surface area is 203 Å². The molecule has 1 amide bonds. The van der Waals surface area contributed by atoms with E-state index in [1.807, 2.05) is 0 Å². The van der Waals surface area contributed by atoms with E-state index in [4.69, 9.17) is 39.2 Å². The first-order valence-corrected chi connectivity index (χ1v) is 11.2. The summed E-state index contributed by atoms with van der Waals surface area (Å²) in [7, 11) is 1.61. The number of carbonyl (C=O) groups excluding carboxylic acids is 1. The highest BCUT2D eigenvalue weighted by Crippen LogP contribution is 2.29. The van der Waals surface area contributed by atoms with Crippen molar-refractivity contribution in [3.63, 3.8) is 0 Å². The summed E-state index contributed by atoms with van der Waals surface area (Å²) < 4.78 is 8.24.